The molecule has 1 atom stereocenters. The number of furan rings is 1. The first-order valence-electron chi connectivity index (χ1n) is 7.96. The van der Waals surface area contributed by atoms with Crippen LogP contribution < -0.4 is 0 Å². The van der Waals surface area contributed by atoms with Crippen LogP contribution in [0.1, 0.15) is 41.1 Å². The predicted octanol–water partition coefficient (Wildman–Crippen LogP) is 3.52. The Balaban J connectivity index is 1.67. The smallest absolute Gasteiger partial charge is 0.289 e. The summed E-state index contributed by atoms with van der Waals surface area (Å²) in [6, 6.07) is 11.1. The molecule has 0 saturated carbocycles. The molecular formula is C18H21NO3S. The van der Waals surface area contributed by atoms with Crippen LogP contribution in [0, 0.1) is 6.92 Å². The summed E-state index contributed by atoms with van der Waals surface area (Å²) in [6.45, 7) is 3.57. The monoisotopic (exact) mass is 331 g/mol. The molecule has 3 rings (SSSR count). The second-order valence-electron chi connectivity index (χ2n) is 5.93. The minimum Gasteiger partial charge on any atom is -0.455 e. The van der Waals surface area contributed by atoms with E-state index in [1.54, 1.807) is 12.1 Å². The van der Waals surface area contributed by atoms with Gasteiger partial charge in [-0.15, -0.1) is 0 Å². The van der Waals surface area contributed by atoms with Gasteiger partial charge in [-0.2, -0.15) is 0 Å². The van der Waals surface area contributed by atoms with E-state index in [1.165, 1.54) is 6.42 Å². The Morgan fingerprint density at radius 1 is 1.17 bits per heavy atom. The van der Waals surface area contributed by atoms with Crippen molar-refractivity contribution < 1.29 is 13.4 Å². The van der Waals surface area contributed by atoms with E-state index in [4.69, 9.17) is 4.42 Å². The number of amides is 1. The molecule has 0 radical (unpaired) electrons. The lowest BCUT2D eigenvalue weighted by atomic mass is 10.1. The maximum Gasteiger partial charge on any atom is 0.289 e. The molecule has 1 fully saturated rings. The Kier molecular flexibility index (Phi) is 4.96. The highest BCUT2D eigenvalue weighted by atomic mass is 32.2. The molecule has 0 spiro atoms. The van der Waals surface area contributed by atoms with Crippen LogP contribution >= 0.6 is 0 Å². The zero-order valence-corrected chi connectivity index (χ0v) is 14.1. The Bertz CT molecular complexity index is 717. The number of hydrogen-bond donors (Lipinski definition) is 0. The summed E-state index contributed by atoms with van der Waals surface area (Å²) in [5.41, 5.74) is 1.08. The van der Waals surface area contributed by atoms with E-state index in [1.807, 2.05) is 36.1 Å². The van der Waals surface area contributed by atoms with Crippen LogP contribution in [0.2, 0.25) is 0 Å². The zero-order valence-electron chi connectivity index (χ0n) is 13.3. The number of carbonyl (C=O) groups is 1. The summed E-state index contributed by atoms with van der Waals surface area (Å²) in [5, 5.41) is 0. The first-order valence-corrected chi connectivity index (χ1v) is 9.28. The topological polar surface area (TPSA) is 50.5 Å². The van der Waals surface area contributed by atoms with E-state index in [-0.39, 0.29) is 11.7 Å². The predicted molar refractivity (Wildman–Crippen MR) is 89.8 cm³/mol. The summed E-state index contributed by atoms with van der Waals surface area (Å²) in [4.78, 5) is 15.0. The summed E-state index contributed by atoms with van der Waals surface area (Å²) in [7, 11) is -1.17. The largest absolute Gasteiger partial charge is 0.455 e. The van der Waals surface area contributed by atoms with Gasteiger partial charge in [0.15, 0.2) is 5.76 Å². The van der Waals surface area contributed by atoms with Crippen molar-refractivity contribution in [1.29, 1.82) is 0 Å². The van der Waals surface area contributed by atoms with Gasteiger partial charge in [0.1, 0.15) is 5.76 Å². The van der Waals surface area contributed by atoms with E-state index in [0.29, 0.717) is 11.5 Å². The Labute approximate surface area is 138 Å². The molecule has 4 nitrogen and oxygen atoms in total. The van der Waals surface area contributed by atoms with Gasteiger partial charge in [0.2, 0.25) is 0 Å². The van der Waals surface area contributed by atoms with Gasteiger partial charge < -0.3 is 9.32 Å². The van der Waals surface area contributed by atoms with Crippen LogP contribution in [-0.2, 0) is 16.6 Å². The van der Waals surface area contributed by atoms with Gasteiger partial charge in [-0.3, -0.25) is 9.00 Å². The van der Waals surface area contributed by atoms with Gasteiger partial charge in [-0.05, 0) is 56.0 Å². The van der Waals surface area contributed by atoms with Gasteiger partial charge in [-0.25, -0.2) is 0 Å². The number of piperidine rings is 1. The van der Waals surface area contributed by atoms with Crippen molar-refractivity contribution >= 4 is 16.7 Å². The van der Waals surface area contributed by atoms with Crippen LogP contribution in [-0.4, -0.2) is 28.1 Å². The van der Waals surface area contributed by atoms with Gasteiger partial charge >= 0.3 is 0 Å². The lowest BCUT2D eigenvalue weighted by Crippen LogP contribution is -2.35. The second-order valence-corrected chi connectivity index (χ2v) is 7.38. The van der Waals surface area contributed by atoms with Crippen LogP contribution in [0.15, 0.2) is 45.7 Å². The molecular weight excluding hydrogens is 310 g/mol. The van der Waals surface area contributed by atoms with E-state index in [9.17, 15) is 9.00 Å². The molecule has 1 amide bonds. The molecule has 5 heteroatoms. The summed E-state index contributed by atoms with van der Waals surface area (Å²) >= 11 is 0. The molecule has 1 aromatic heterocycles. The fourth-order valence-electron chi connectivity index (χ4n) is 2.79. The number of carbonyl (C=O) groups excluding carboxylic acids is 1. The Hall–Kier alpha value is -1.88. The van der Waals surface area contributed by atoms with Gasteiger partial charge in [0.25, 0.3) is 5.91 Å². The maximum absolute atomic E-state index is 12.4. The van der Waals surface area contributed by atoms with Crippen LogP contribution in [0.4, 0.5) is 0 Å². The third kappa shape index (κ3) is 3.91. The van der Waals surface area contributed by atoms with Crippen molar-refractivity contribution in [2.24, 2.45) is 0 Å². The normalized spacial score (nSPS) is 16.3. The number of likely N-dealkylation sites (tertiary alicyclic amines) is 1. The number of aryl methyl sites for hydroxylation is 1. The van der Waals surface area contributed by atoms with E-state index in [0.717, 1.165) is 36.4 Å². The van der Waals surface area contributed by atoms with Crippen molar-refractivity contribution in [2.75, 3.05) is 13.1 Å². The highest BCUT2D eigenvalue weighted by molar-refractivity contribution is 7.84. The third-order valence-corrected chi connectivity index (χ3v) is 5.37. The molecule has 23 heavy (non-hydrogen) atoms. The average Bonchev–Trinajstić information content (AvgIpc) is 3.03. The SMILES string of the molecule is Cc1cccc(S(=O)Cc2ccc(C(=O)N3CCCCC3)o2)c1. The van der Waals surface area contributed by atoms with E-state index < -0.39 is 10.8 Å². The van der Waals surface area contributed by atoms with Gasteiger partial charge in [0, 0.05) is 18.0 Å². The number of hydrogen-bond acceptors (Lipinski definition) is 3. The molecule has 0 N–H and O–H groups in total. The highest BCUT2D eigenvalue weighted by Crippen LogP contribution is 2.18. The number of benzene rings is 1. The van der Waals surface area contributed by atoms with Crippen molar-refractivity contribution in [3.63, 3.8) is 0 Å². The number of rotatable bonds is 4. The molecule has 0 aliphatic carbocycles. The lowest BCUT2D eigenvalue weighted by molar-refractivity contribution is 0.0690. The first-order chi connectivity index (χ1) is 11.1. The minimum absolute atomic E-state index is 0.0581. The summed E-state index contributed by atoms with van der Waals surface area (Å²) < 4.78 is 18.0. The molecule has 1 aromatic carbocycles. The Morgan fingerprint density at radius 2 is 1.96 bits per heavy atom. The molecule has 122 valence electrons. The molecule has 1 saturated heterocycles. The van der Waals surface area contributed by atoms with Gasteiger partial charge in [0.05, 0.1) is 16.6 Å². The Morgan fingerprint density at radius 3 is 2.70 bits per heavy atom. The molecule has 1 aliphatic heterocycles. The van der Waals surface area contributed by atoms with Crippen LogP contribution in [0.5, 0.6) is 0 Å². The summed E-state index contributed by atoms with van der Waals surface area (Å²) in [6.07, 6.45) is 3.29. The molecule has 1 unspecified atom stereocenters. The molecule has 2 aromatic rings. The third-order valence-electron chi connectivity index (χ3n) is 4.04. The summed E-state index contributed by atoms with van der Waals surface area (Å²) in [5.74, 6) is 1.17. The van der Waals surface area contributed by atoms with Crippen molar-refractivity contribution in [3.05, 3.63) is 53.5 Å². The quantitative estimate of drug-likeness (QED) is 0.861. The lowest BCUT2D eigenvalue weighted by Gasteiger charge is -2.25. The van der Waals surface area contributed by atoms with E-state index >= 15 is 0 Å². The van der Waals surface area contributed by atoms with E-state index in [2.05, 4.69) is 0 Å². The zero-order chi connectivity index (χ0) is 16.2. The minimum atomic E-state index is -1.17. The van der Waals surface area contributed by atoms with Crippen LogP contribution in [0.25, 0.3) is 0 Å². The fourth-order valence-corrected chi connectivity index (χ4v) is 3.92. The molecule has 2 heterocycles. The van der Waals surface area contributed by atoms with Crippen LogP contribution in [0.3, 0.4) is 0 Å². The maximum atomic E-state index is 12.4. The van der Waals surface area contributed by atoms with Crippen molar-refractivity contribution in [1.82, 2.24) is 4.90 Å². The second kappa shape index (κ2) is 7.13. The first kappa shape index (κ1) is 16.0. The fraction of sp³-hybridized carbons (Fsp3) is 0.389. The standard InChI is InChI=1S/C18H21NO3S/c1-14-6-5-7-16(12-14)23(21)13-15-8-9-17(22-15)18(20)19-10-3-2-4-11-19/h5-9,12H,2-4,10-11,13H2,1H3. The number of nitrogens with zero attached hydrogens (tertiary/aromatic N) is 1. The van der Waals surface area contributed by atoms with Crippen molar-refractivity contribution in [2.45, 2.75) is 36.8 Å². The molecule has 0 bridgehead atoms. The van der Waals surface area contributed by atoms with Crippen molar-refractivity contribution in [3.8, 4) is 0 Å². The highest BCUT2D eigenvalue weighted by Gasteiger charge is 2.21. The molecule has 1 aliphatic rings. The van der Waals surface area contributed by atoms with Gasteiger partial charge in [-0.1, -0.05) is 12.1 Å². The average molecular weight is 331 g/mol.